The summed E-state index contributed by atoms with van der Waals surface area (Å²) in [5.41, 5.74) is 0. The smallest absolute Gasteiger partial charge is 0.268 e. The molecule has 0 aliphatic carbocycles. The third-order valence-electron chi connectivity index (χ3n) is 13.4. The lowest BCUT2D eigenvalue weighted by atomic mass is 10.0. The number of nitrogens with one attached hydrogen (secondary N) is 1. The summed E-state index contributed by atoms with van der Waals surface area (Å²) < 4.78 is 23.3. The number of nitrogens with zero attached hydrogens (tertiary/aromatic N) is 1. The highest BCUT2D eigenvalue weighted by Gasteiger charge is 2.23. The molecule has 0 fully saturated rings. The van der Waals surface area contributed by atoms with E-state index in [9.17, 15) is 19.4 Å². The number of quaternary nitrogens is 1. The molecule has 0 heterocycles. The van der Waals surface area contributed by atoms with Gasteiger partial charge in [0.1, 0.15) is 13.2 Å². The third kappa shape index (κ3) is 52.6. The van der Waals surface area contributed by atoms with E-state index < -0.39 is 20.0 Å². The summed E-state index contributed by atoms with van der Waals surface area (Å²) in [7, 11) is 1.26. The average Bonchev–Trinajstić information content (AvgIpc) is 3.29. The van der Waals surface area contributed by atoms with Crippen LogP contribution in [0.4, 0.5) is 0 Å². The maximum absolute atomic E-state index is 12.9. The number of carbonyl (C=O) groups excluding carboxylic acids is 1. The zero-order valence-electron chi connectivity index (χ0n) is 45.4. The monoisotopic (exact) mass is 967 g/mol. The summed E-state index contributed by atoms with van der Waals surface area (Å²) >= 11 is 0. The second-order valence-corrected chi connectivity index (χ2v) is 22.8. The molecular weight excluding hydrogens is 852 g/mol. The quantitative estimate of drug-likeness (QED) is 0.0272. The molecule has 0 aliphatic heterocycles. The average molecular weight is 968 g/mol. The molecule has 9 heteroatoms. The van der Waals surface area contributed by atoms with Crippen molar-refractivity contribution in [1.82, 2.24) is 5.32 Å². The molecule has 0 rings (SSSR count). The van der Waals surface area contributed by atoms with E-state index in [0.717, 1.165) is 38.5 Å². The first-order chi connectivity index (χ1) is 32.5. The normalized spacial score (nSPS) is 14.1. The van der Waals surface area contributed by atoms with E-state index in [4.69, 9.17) is 9.05 Å². The van der Waals surface area contributed by atoms with Gasteiger partial charge in [-0.2, -0.15) is 0 Å². The first kappa shape index (κ1) is 66.0. The molecule has 3 unspecified atom stereocenters. The van der Waals surface area contributed by atoms with Crippen molar-refractivity contribution in [3.63, 3.8) is 0 Å². The zero-order valence-corrected chi connectivity index (χ0v) is 46.3. The highest BCUT2D eigenvalue weighted by Crippen LogP contribution is 2.38. The lowest BCUT2D eigenvalue weighted by molar-refractivity contribution is -0.870. The van der Waals surface area contributed by atoms with Crippen LogP contribution in [0.5, 0.6) is 0 Å². The molecule has 3 atom stereocenters. The lowest BCUT2D eigenvalue weighted by Gasteiger charge is -2.29. The van der Waals surface area contributed by atoms with Crippen LogP contribution in [0, 0.1) is 0 Å². The molecule has 2 N–H and O–H groups in total. The summed E-state index contributed by atoms with van der Waals surface area (Å²) in [6.45, 7) is 4.66. The molecule has 0 aliphatic rings. The van der Waals surface area contributed by atoms with Crippen molar-refractivity contribution in [2.24, 2.45) is 0 Å². The van der Waals surface area contributed by atoms with Crippen molar-refractivity contribution in [3.8, 4) is 0 Å². The Morgan fingerprint density at radius 3 is 1.21 bits per heavy atom. The van der Waals surface area contributed by atoms with Crippen molar-refractivity contribution in [2.75, 3.05) is 40.9 Å². The van der Waals surface area contributed by atoms with E-state index in [0.29, 0.717) is 17.4 Å². The number of hydrogen-bond donors (Lipinski definition) is 2. The Labute approximate surface area is 417 Å². The Bertz CT molecular complexity index is 1140. The molecule has 0 aromatic rings. The zero-order chi connectivity index (χ0) is 49.2. The van der Waals surface area contributed by atoms with Crippen molar-refractivity contribution in [3.05, 3.63) is 24.3 Å². The Morgan fingerprint density at radius 1 is 0.507 bits per heavy atom. The summed E-state index contributed by atoms with van der Waals surface area (Å²) in [5.74, 6) is -0.204. The maximum atomic E-state index is 12.9. The number of aliphatic hydroxyl groups is 1. The van der Waals surface area contributed by atoms with Crippen molar-refractivity contribution < 1.29 is 32.9 Å². The van der Waals surface area contributed by atoms with E-state index in [1.165, 1.54) is 231 Å². The first-order valence-corrected chi connectivity index (χ1v) is 30.7. The molecule has 0 bridgehead atoms. The van der Waals surface area contributed by atoms with Gasteiger partial charge in [0, 0.05) is 6.42 Å². The number of likely N-dealkylation sites (N-methyl/N-ethyl adjacent to an activating group) is 1. The Morgan fingerprint density at radius 2 is 0.836 bits per heavy atom. The minimum absolute atomic E-state index is 0.00394. The van der Waals surface area contributed by atoms with Gasteiger partial charge in [-0.15, -0.1) is 0 Å². The van der Waals surface area contributed by atoms with Gasteiger partial charge in [0.05, 0.1) is 39.9 Å². The second-order valence-electron chi connectivity index (χ2n) is 21.4. The summed E-state index contributed by atoms with van der Waals surface area (Å²) in [6.07, 6.45) is 62.8. The highest BCUT2D eigenvalue weighted by atomic mass is 31.2. The van der Waals surface area contributed by atoms with E-state index >= 15 is 0 Å². The molecule has 0 aromatic carbocycles. The van der Waals surface area contributed by atoms with Gasteiger partial charge in [-0.05, 0) is 32.1 Å². The minimum Gasteiger partial charge on any atom is -0.756 e. The lowest BCUT2D eigenvalue weighted by Crippen LogP contribution is -2.45. The SMILES string of the molecule is CCCCCCCCCCCCCCCCCCCCCCCCCCCC/C=C/CC/C=C/C(O)C(COP(=O)([O-])OCC[N+](C)(C)C)NC(=O)CCCCCCCCCCCCCCC. The van der Waals surface area contributed by atoms with Gasteiger partial charge in [0.25, 0.3) is 7.82 Å². The van der Waals surface area contributed by atoms with Crippen molar-refractivity contribution in [1.29, 1.82) is 0 Å². The van der Waals surface area contributed by atoms with Gasteiger partial charge >= 0.3 is 0 Å². The van der Waals surface area contributed by atoms with Crippen LogP contribution in [-0.2, 0) is 18.4 Å². The molecular formula is C58H115N2O6P. The molecule has 398 valence electrons. The van der Waals surface area contributed by atoms with E-state index in [1.807, 2.05) is 27.2 Å². The minimum atomic E-state index is -4.60. The first-order valence-electron chi connectivity index (χ1n) is 29.2. The van der Waals surface area contributed by atoms with Gasteiger partial charge in [-0.1, -0.05) is 276 Å². The van der Waals surface area contributed by atoms with Crippen LogP contribution >= 0.6 is 7.82 Å². The van der Waals surface area contributed by atoms with Gasteiger partial charge < -0.3 is 28.8 Å². The van der Waals surface area contributed by atoms with Gasteiger partial charge in [-0.25, -0.2) is 0 Å². The number of amides is 1. The second kappa shape index (κ2) is 49.9. The topological polar surface area (TPSA) is 108 Å². The van der Waals surface area contributed by atoms with E-state index in [-0.39, 0.29) is 19.1 Å². The summed E-state index contributed by atoms with van der Waals surface area (Å²) in [4.78, 5) is 25.4. The van der Waals surface area contributed by atoms with E-state index in [1.54, 1.807) is 6.08 Å². The van der Waals surface area contributed by atoms with Crippen LogP contribution in [0.2, 0.25) is 0 Å². The van der Waals surface area contributed by atoms with Crippen molar-refractivity contribution in [2.45, 2.75) is 302 Å². The molecule has 0 saturated heterocycles. The predicted molar refractivity (Wildman–Crippen MR) is 289 cm³/mol. The number of aliphatic hydroxyl groups excluding tert-OH is 1. The molecule has 0 aromatic heterocycles. The van der Waals surface area contributed by atoms with Crippen LogP contribution in [0.3, 0.4) is 0 Å². The molecule has 8 nitrogen and oxygen atoms in total. The molecule has 0 spiro atoms. The number of phosphoric ester groups is 1. The summed E-state index contributed by atoms with van der Waals surface area (Å²) in [6, 6.07) is -0.899. The molecule has 67 heavy (non-hydrogen) atoms. The number of allylic oxidation sites excluding steroid dienone is 3. The van der Waals surface area contributed by atoms with E-state index in [2.05, 4.69) is 31.3 Å². The van der Waals surface area contributed by atoms with Crippen LogP contribution in [0.15, 0.2) is 24.3 Å². The molecule has 0 radical (unpaired) electrons. The largest absolute Gasteiger partial charge is 0.756 e. The predicted octanol–water partition coefficient (Wildman–Crippen LogP) is 17.0. The number of hydrogen-bond acceptors (Lipinski definition) is 6. The number of phosphoric acid groups is 1. The Kier molecular flexibility index (Phi) is 49.2. The van der Waals surface area contributed by atoms with Gasteiger partial charge in [0.15, 0.2) is 0 Å². The molecule has 0 saturated carbocycles. The fourth-order valence-electron chi connectivity index (χ4n) is 8.82. The Balaban J connectivity index is 4.08. The van der Waals surface area contributed by atoms with Gasteiger partial charge in [-0.3, -0.25) is 9.36 Å². The maximum Gasteiger partial charge on any atom is 0.268 e. The Hall–Kier alpha value is -1.02. The fourth-order valence-corrected chi connectivity index (χ4v) is 9.54. The van der Waals surface area contributed by atoms with Crippen LogP contribution in [0.1, 0.15) is 290 Å². The number of rotatable bonds is 54. The van der Waals surface area contributed by atoms with Crippen molar-refractivity contribution >= 4 is 13.7 Å². The van der Waals surface area contributed by atoms with Crippen LogP contribution in [-0.4, -0.2) is 68.5 Å². The standard InChI is InChI=1S/C58H115N2O6P/c1-6-8-10-12-14-16-18-20-21-22-23-24-25-26-27-28-29-30-31-32-33-34-35-36-37-38-40-41-43-45-47-49-51-57(61)56(55-66-67(63,64)65-54-53-60(3,4)5)59-58(62)52-50-48-46-44-42-39-19-17-15-13-11-9-7-2/h41,43,49,51,56-57,61H,6-40,42,44-48,50,52-55H2,1-5H3,(H-,59,62,63,64)/b43-41+,51-49+. The van der Waals surface area contributed by atoms with Crippen LogP contribution in [0.25, 0.3) is 0 Å². The highest BCUT2D eigenvalue weighted by molar-refractivity contribution is 7.45. The molecule has 1 amide bonds. The summed E-state index contributed by atoms with van der Waals surface area (Å²) in [5, 5.41) is 13.8. The van der Waals surface area contributed by atoms with Gasteiger partial charge in [0.2, 0.25) is 5.91 Å². The third-order valence-corrected chi connectivity index (χ3v) is 14.4. The van der Waals surface area contributed by atoms with Crippen LogP contribution < -0.4 is 10.2 Å². The number of unbranched alkanes of at least 4 members (excludes halogenated alkanes) is 39. The fraction of sp³-hybridized carbons (Fsp3) is 0.914. The number of carbonyl (C=O) groups is 1.